The number of hydrogen-bond acceptors (Lipinski definition) is 3. The van der Waals surface area contributed by atoms with E-state index < -0.39 is 35.7 Å². The van der Waals surface area contributed by atoms with E-state index in [1.54, 1.807) is 20.8 Å². The van der Waals surface area contributed by atoms with Crippen molar-refractivity contribution in [1.29, 1.82) is 0 Å². The minimum atomic E-state index is -0.828. The average molecular weight is 499 g/mol. The van der Waals surface area contributed by atoms with Crippen molar-refractivity contribution in [2.24, 2.45) is 17.8 Å². The van der Waals surface area contributed by atoms with Gasteiger partial charge in [0, 0.05) is 19.3 Å². The molecule has 0 saturated carbocycles. The highest BCUT2D eigenvalue weighted by Gasteiger charge is 2.31. The lowest BCUT2D eigenvalue weighted by atomic mass is 10.0. The van der Waals surface area contributed by atoms with E-state index in [2.05, 4.69) is 19.1 Å². The van der Waals surface area contributed by atoms with E-state index in [4.69, 9.17) is 0 Å². The van der Waals surface area contributed by atoms with E-state index in [0.717, 1.165) is 38.6 Å². The number of quaternary nitrogens is 1. The molecular weight excluding hydrogens is 446 g/mol. The van der Waals surface area contributed by atoms with Crippen molar-refractivity contribution in [3.63, 3.8) is 0 Å². The van der Waals surface area contributed by atoms with Gasteiger partial charge in [0.2, 0.25) is 0 Å². The predicted molar refractivity (Wildman–Crippen MR) is 140 cm³/mol. The molecule has 0 aromatic carbocycles. The fraction of sp³-hybridized carbons (Fsp3) is 0.821. The summed E-state index contributed by atoms with van der Waals surface area (Å²) in [6, 6.07) is 0. The van der Waals surface area contributed by atoms with Gasteiger partial charge in [-0.1, -0.05) is 65.5 Å². The maximum atomic E-state index is 11.4. The first-order valence-corrected chi connectivity index (χ1v) is 13.7. The second-order valence-corrected chi connectivity index (χ2v) is 10.5. The molecule has 3 unspecified atom stereocenters. The molecule has 3 atom stereocenters. The van der Waals surface area contributed by atoms with Crippen LogP contribution in [-0.4, -0.2) is 63.9 Å². The van der Waals surface area contributed by atoms with Crippen LogP contribution in [0.5, 0.6) is 0 Å². The summed E-state index contributed by atoms with van der Waals surface area (Å²) >= 11 is 0. The standard InChI is InChI=1S/C28H51NO6/c1-5-6-7-8-9-10-11-12-13-14-15-19-29(20-16-23(2)26(30)31,21-17-24(3)27(32)33)22-18-25(4)28(34)35/h6-7,23-25H,5,8-22H2,1-4H3,(H2-,30,31,32,33,34,35)/p+1/b7-6+. The molecule has 0 aliphatic heterocycles. The van der Waals surface area contributed by atoms with Crippen LogP contribution in [0.4, 0.5) is 0 Å². The van der Waals surface area contributed by atoms with Gasteiger partial charge < -0.3 is 19.8 Å². The molecule has 0 heterocycles. The highest BCUT2D eigenvalue weighted by molar-refractivity contribution is 5.70. The lowest BCUT2D eigenvalue weighted by molar-refractivity contribution is -0.929. The molecular formula is C28H52NO6+. The van der Waals surface area contributed by atoms with Crippen LogP contribution in [0.25, 0.3) is 0 Å². The van der Waals surface area contributed by atoms with Crippen molar-refractivity contribution in [2.45, 2.75) is 105 Å². The zero-order valence-electron chi connectivity index (χ0n) is 22.7. The Hall–Kier alpha value is -1.89. The molecule has 0 rings (SSSR count). The van der Waals surface area contributed by atoms with Crippen molar-refractivity contribution in [1.82, 2.24) is 0 Å². The molecule has 7 heteroatoms. The van der Waals surface area contributed by atoms with Crippen LogP contribution in [0.1, 0.15) is 105 Å². The Morgan fingerprint density at radius 2 is 0.971 bits per heavy atom. The zero-order chi connectivity index (χ0) is 26.7. The van der Waals surface area contributed by atoms with Gasteiger partial charge in [-0.2, -0.15) is 0 Å². The summed E-state index contributed by atoms with van der Waals surface area (Å²) in [6.45, 7) is 10.0. The Balaban J connectivity index is 5.00. The minimum Gasteiger partial charge on any atom is -0.481 e. The van der Waals surface area contributed by atoms with Gasteiger partial charge in [0.1, 0.15) is 0 Å². The minimum absolute atomic E-state index is 0.478. The van der Waals surface area contributed by atoms with Gasteiger partial charge in [-0.15, -0.1) is 0 Å². The van der Waals surface area contributed by atoms with Crippen molar-refractivity contribution in [3.05, 3.63) is 12.2 Å². The third-order valence-corrected chi connectivity index (χ3v) is 7.28. The molecule has 0 aliphatic rings. The largest absolute Gasteiger partial charge is 0.481 e. The van der Waals surface area contributed by atoms with Gasteiger partial charge in [0.05, 0.1) is 43.9 Å². The maximum Gasteiger partial charge on any atom is 0.306 e. The van der Waals surface area contributed by atoms with Crippen LogP contribution in [-0.2, 0) is 14.4 Å². The van der Waals surface area contributed by atoms with Gasteiger partial charge in [0.25, 0.3) is 0 Å². The fourth-order valence-electron chi connectivity index (χ4n) is 4.32. The molecule has 0 spiro atoms. The van der Waals surface area contributed by atoms with E-state index in [9.17, 15) is 29.7 Å². The third-order valence-electron chi connectivity index (χ3n) is 7.28. The van der Waals surface area contributed by atoms with Gasteiger partial charge in [0.15, 0.2) is 0 Å². The second-order valence-electron chi connectivity index (χ2n) is 10.5. The third kappa shape index (κ3) is 16.4. The summed E-state index contributed by atoms with van der Waals surface area (Å²) in [7, 11) is 0. The maximum absolute atomic E-state index is 11.4. The van der Waals surface area contributed by atoms with E-state index in [0.29, 0.717) is 43.4 Å². The number of carboxylic acids is 3. The van der Waals surface area contributed by atoms with Crippen molar-refractivity contribution in [3.8, 4) is 0 Å². The summed E-state index contributed by atoms with van der Waals surface area (Å²) in [5.41, 5.74) is 0. The average Bonchev–Trinajstić information content (AvgIpc) is 2.82. The molecule has 7 nitrogen and oxygen atoms in total. The predicted octanol–water partition coefficient (Wildman–Crippen LogP) is 6.22. The van der Waals surface area contributed by atoms with Gasteiger partial charge in [-0.25, -0.2) is 0 Å². The lowest BCUT2D eigenvalue weighted by Crippen LogP contribution is -2.52. The zero-order valence-corrected chi connectivity index (χ0v) is 22.7. The van der Waals surface area contributed by atoms with Crippen molar-refractivity contribution < 1.29 is 34.2 Å². The first-order valence-electron chi connectivity index (χ1n) is 13.7. The van der Waals surface area contributed by atoms with Crippen LogP contribution >= 0.6 is 0 Å². The number of nitrogens with zero attached hydrogens (tertiary/aromatic N) is 1. The molecule has 0 bridgehead atoms. The molecule has 0 fully saturated rings. The summed E-state index contributed by atoms with van der Waals surface area (Å²) in [4.78, 5) is 34.3. The van der Waals surface area contributed by atoms with E-state index in [1.807, 2.05) is 0 Å². The summed E-state index contributed by atoms with van der Waals surface area (Å²) in [6.07, 6.45) is 16.4. The molecule has 0 amide bonds. The van der Waals surface area contributed by atoms with Crippen LogP contribution < -0.4 is 0 Å². The number of carbonyl (C=O) groups is 3. The Morgan fingerprint density at radius 3 is 1.34 bits per heavy atom. The monoisotopic (exact) mass is 498 g/mol. The normalized spacial score (nSPS) is 16.0. The lowest BCUT2D eigenvalue weighted by Gasteiger charge is -2.40. The number of carboxylic acid groups (broad SMARTS) is 3. The Kier molecular flexibility index (Phi) is 18.3. The Bertz CT molecular complexity index is 573. The summed E-state index contributed by atoms with van der Waals surface area (Å²) in [5.74, 6) is -3.92. The summed E-state index contributed by atoms with van der Waals surface area (Å²) < 4.78 is 0.608. The number of aliphatic carboxylic acids is 3. The number of allylic oxidation sites excluding steroid dienone is 2. The van der Waals surface area contributed by atoms with Gasteiger partial charge >= 0.3 is 17.9 Å². The highest BCUT2D eigenvalue weighted by atomic mass is 16.4. The van der Waals surface area contributed by atoms with Crippen LogP contribution in [0.2, 0.25) is 0 Å². The molecule has 0 aromatic rings. The number of unbranched alkanes of at least 4 members (excludes halogenated alkanes) is 7. The summed E-state index contributed by atoms with van der Waals surface area (Å²) in [5, 5.41) is 28.1. The molecule has 35 heavy (non-hydrogen) atoms. The smallest absolute Gasteiger partial charge is 0.306 e. The topological polar surface area (TPSA) is 112 Å². The molecule has 0 aliphatic carbocycles. The van der Waals surface area contributed by atoms with Crippen molar-refractivity contribution >= 4 is 17.9 Å². The molecule has 204 valence electrons. The Morgan fingerprint density at radius 1 is 0.600 bits per heavy atom. The van der Waals surface area contributed by atoms with E-state index in [-0.39, 0.29) is 0 Å². The highest BCUT2D eigenvalue weighted by Crippen LogP contribution is 2.22. The van der Waals surface area contributed by atoms with E-state index in [1.165, 1.54) is 25.7 Å². The number of hydrogen-bond donors (Lipinski definition) is 3. The fourth-order valence-corrected chi connectivity index (χ4v) is 4.32. The molecule has 0 saturated heterocycles. The van der Waals surface area contributed by atoms with Crippen molar-refractivity contribution in [2.75, 3.05) is 26.2 Å². The first kappa shape index (κ1) is 33.1. The van der Waals surface area contributed by atoms with Crippen LogP contribution in [0, 0.1) is 17.8 Å². The van der Waals surface area contributed by atoms with Crippen LogP contribution in [0.15, 0.2) is 12.2 Å². The van der Waals surface area contributed by atoms with Gasteiger partial charge in [-0.05, 0) is 32.1 Å². The van der Waals surface area contributed by atoms with Crippen LogP contribution in [0.3, 0.4) is 0 Å². The van der Waals surface area contributed by atoms with E-state index >= 15 is 0 Å². The SMILES string of the molecule is CC/C=C/CCCCCCCCC[N+](CCC(C)C(=O)O)(CCC(C)C(=O)O)CCC(C)C(=O)O. The second kappa shape index (κ2) is 19.3. The molecule has 3 N–H and O–H groups in total. The number of rotatable bonds is 23. The first-order chi connectivity index (χ1) is 16.5. The molecule has 0 aromatic heterocycles. The Labute approximate surface area is 213 Å². The quantitative estimate of drug-likeness (QED) is 0.0875. The van der Waals surface area contributed by atoms with Gasteiger partial charge in [-0.3, -0.25) is 14.4 Å². The molecule has 0 radical (unpaired) electrons.